The van der Waals surface area contributed by atoms with Crippen molar-refractivity contribution in [2.24, 2.45) is 0 Å². The molecule has 1 aromatic heterocycles. The van der Waals surface area contributed by atoms with Gasteiger partial charge in [-0.15, -0.1) is 0 Å². The summed E-state index contributed by atoms with van der Waals surface area (Å²) < 4.78 is 29.9. The molecule has 1 atom stereocenters. The normalized spacial score (nSPS) is 14.4. The lowest BCUT2D eigenvalue weighted by molar-refractivity contribution is -0.124. The number of fused-ring (bicyclic) bond motifs is 1. The van der Waals surface area contributed by atoms with Crippen molar-refractivity contribution in [2.75, 3.05) is 44.8 Å². The van der Waals surface area contributed by atoms with Gasteiger partial charge in [0, 0.05) is 30.0 Å². The van der Waals surface area contributed by atoms with Gasteiger partial charge in [-0.2, -0.15) is 5.10 Å². The van der Waals surface area contributed by atoms with E-state index in [-0.39, 0.29) is 30.3 Å². The van der Waals surface area contributed by atoms with Gasteiger partial charge in [0.15, 0.2) is 0 Å². The Kier molecular flexibility index (Phi) is 8.67. The summed E-state index contributed by atoms with van der Waals surface area (Å²) in [6.45, 7) is 2.37. The Balaban J connectivity index is 1.74. The van der Waals surface area contributed by atoms with E-state index in [4.69, 9.17) is 5.10 Å². The third-order valence-corrected chi connectivity index (χ3v) is 8.72. The highest BCUT2D eigenvalue weighted by Gasteiger charge is 2.32. The fourth-order valence-electron chi connectivity index (χ4n) is 4.46. The lowest BCUT2D eigenvalue weighted by Crippen LogP contribution is -2.42. The van der Waals surface area contributed by atoms with E-state index in [2.05, 4.69) is 26.6 Å². The smallest absolute Gasteiger partial charge is 0.270 e. The number of amides is 2. The van der Waals surface area contributed by atoms with Gasteiger partial charge in [0.25, 0.3) is 5.91 Å². The number of anilines is 1. The number of nitrogens with zero attached hydrogens (tertiary/aromatic N) is 4. The van der Waals surface area contributed by atoms with E-state index in [1.807, 2.05) is 56.3 Å². The third kappa shape index (κ3) is 6.44. The second-order valence-electron chi connectivity index (χ2n) is 10.1. The first kappa shape index (κ1) is 29.0. The number of halogens is 1. The predicted octanol–water partition coefficient (Wildman–Crippen LogP) is 3.25. The minimum absolute atomic E-state index is 0.105. The lowest BCUT2D eigenvalue weighted by Gasteiger charge is -2.25. The number of hydrogen-bond acceptors (Lipinski definition) is 6. The summed E-state index contributed by atoms with van der Waals surface area (Å²) in [5, 5.41) is 11.0. The van der Waals surface area contributed by atoms with Gasteiger partial charge in [-0.1, -0.05) is 15.9 Å². The maximum absolute atomic E-state index is 13.0. The maximum atomic E-state index is 13.0. The van der Waals surface area contributed by atoms with Gasteiger partial charge >= 0.3 is 0 Å². The van der Waals surface area contributed by atoms with E-state index in [0.29, 0.717) is 40.9 Å². The molecule has 2 aromatic carbocycles. The number of sulfonamides is 1. The number of benzene rings is 2. The predicted molar refractivity (Wildman–Crippen MR) is 157 cm³/mol. The zero-order chi connectivity index (χ0) is 28.5. The average molecular weight is 620 g/mol. The molecule has 1 saturated carbocycles. The summed E-state index contributed by atoms with van der Waals surface area (Å²) in [7, 11) is 1.61. The Morgan fingerprint density at radius 3 is 2.41 bits per heavy atom. The molecule has 0 radical (unpaired) electrons. The van der Waals surface area contributed by atoms with Gasteiger partial charge < -0.3 is 10.6 Å². The molecule has 10 nitrogen and oxygen atoms in total. The van der Waals surface area contributed by atoms with Crippen LogP contribution in [0.15, 0.2) is 40.9 Å². The van der Waals surface area contributed by atoms with Gasteiger partial charge in [0.1, 0.15) is 5.69 Å². The van der Waals surface area contributed by atoms with Crippen molar-refractivity contribution in [3.05, 3.63) is 52.1 Å². The third-order valence-electron chi connectivity index (χ3n) is 7.01. The van der Waals surface area contributed by atoms with Crippen LogP contribution in [-0.2, 0) is 14.8 Å². The molecular weight excluding hydrogens is 584 g/mol. The molecule has 0 bridgehead atoms. The molecule has 0 spiro atoms. The molecule has 0 saturated heterocycles. The highest BCUT2D eigenvalue weighted by atomic mass is 79.9. The van der Waals surface area contributed by atoms with Crippen LogP contribution in [0.25, 0.3) is 16.6 Å². The summed E-state index contributed by atoms with van der Waals surface area (Å²) in [6.07, 6.45) is 3.53. The molecule has 1 aliphatic rings. The Labute approximate surface area is 237 Å². The number of hydrogen-bond donors (Lipinski definition) is 2. The standard InChI is InChI=1S/C27H35BrN6O4S/c1-17(32(3)4)26(35)30-13-6-14-33(39(5,37)38)24-16-23-22(15-21(24)18-7-8-18)25(27(36)29-2)34(31-23)20-11-9-19(28)10-12-20/h9-12,15-18H,6-8,13-14H2,1-5H3,(H,29,36)(H,30,35). The van der Waals surface area contributed by atoms with Crippen LogP contribution in [0.4, 0.5) is 5.69 Å². The van der Waals surface area contributed by atoms with Crippen molar-refractivity contribution in [3.63, 3.8) is 0 Å². The van der Waals surface area contributed by atoms with Crippen molar-refractivity contribution in [1.29, 1.82) is 0 Å². The van der Waals surface area contributed by atoms with Crippen LogP contribution in [0, 0.1) is 0 Å². The number of carbonyl (C=O) groups is 2. The van der Waals surface area contributed by atoms with Gasteiger partial charge in [-0.05, 0) is 88.2 Å². The first-order valence-electron chi connectivity index (χ1n) is 12.9. The fraction of sp³-hybridized carbons (Fsp3) is 0.444. The summed E-state index contributed by atoms with van der Waals surface area (Å²) >= 11 is 3.44. The Bertz CT molecular complexity index is 1480. The van der Waals surface area contributed by atoms with Gasteiger partial charge in [-0.3, -0.25) is 18.8 Å². The molecule has 2 amide bonds. The Morgan fingerprint density at radius 2 is 1.85 bits per heavy atom. The van der Waals surface area contributed by atoms with Crippen LogP contribution in [0.2, 0.25) is 0 Å². The van der Waals surface area contributed by atoms with E-state index >= 15 is 0 Å². The van der Waals surface area contributed by atoms with Crippen molar-refractivity contribution in [1.82, 2.24) is 25.3 Å². The maximum Gasteiger partial charge on any atom is 0.270 e. The van der Waals surface area contributed by atoms with E-state index in [1.165, 1.54) is 10.6 Å². The van der Waals surface area contributed by atoms with Crippen LogP contribution in [0.5, 0.6) is 0 Å². The quantitative estimate of drug-likeness (QED) is 0.319. The van der Waals surface area contributed by atoms with Crippen LogP contribution in [-0.4, -0.2) is 81.4 Å². The number of nitrogens with one attached hydrogen (secondary N) is 2. The van der Waals surface area contributed by atoms with Gasteiger partial charge in [-0.25, -0.2) is 13.1 Å². The molecule has 0 aliphatic heterocycles. The molecule has 39 heavy (non-hydrogen) atoms. The first-order valence-corrected chi connectivity index (χ1v) is 15.5. The molecule has 3 aromatic rings. The second kappa shape index (κ2) is 11.6. The number of rotatable bonds is 11. The van der Waals surface area contributed by atoms with Crippen molar-refractivity contribution < 1.29 is 18.0 Å². The largest absolute Gasteiger partial charge is 0.355 e. The van der Waals surface area contributed by atoms with Crippen LogP contribution in [0.1, 0.15) is 48.2 Å². The number of likely N-dealkylation sites (N-methyl/N-ethyl adjacent to an activating group) is 1. The Morgan fingerprint density at radius 1 is 1.18 bits per heavy atom. The summed E-state index contributed by atoms with van der Waals surface area (Å²) in [5.41, 5.74) is 3.10. The molecule has 4 rings (SSSR count). The molecule has 1 aliphatic carbocycles. The number of carbonyl (C=O) groups excluding carboxylic acids is 2. The fourth-order valence-corrected chi connectivity index (χ4v) is 5.70. The van der Waals surface area contributed by atoms with E-state index in [1.54, 1.807) is 17.8 Å². The zero-order valence-corrected chi connectivity index (χ0v) is 25.3. The molecule has 2 N–H and O–H groups in total. The van der Waals surface area contributed by atoms with Crippen LogP contribution in [0.3, 0.4) is 0 Å². The van der Waals surface area contributed by atoms with Gasteiger partial charge in [0.05, 0.1) is 29.2 Å². The zero-order valence-electron chi connectivity index (χ0n) is 22.9. The van der Waals surface area contributed by atoms with Crippen molar-refractivity contribution in [3.8, 4) is 5.69 Å². The topological polar surface area (TPSA) is 117 Å². The molecule has 1 unspecified atom stereocenters. The van der Waals surface area contributed by atoms with Crippen LogP contribution >= 0.6 is 15.9 Å². The summed E-state index contributed by atoms with van der Waals surface area (Å²) in [5.74, 6) is -0.174. The van der Waals surface area contributed by atoms with Crippen molar-refractivity contribution >= 4 is 54.4 Å². The first-order chi connectivity index (χ1) is 18.4. The molecule has 12 heteroatoms. The van der Waals surface area contributed by atoms with Gasteiger partial charge in [0.2, 0.25) is 15.9 Å². The minimum Gasteiger partial charge on any atom is -0.355 e. The molecule has 1 fully saturated rings. The van der Waals surface area contributed by atoms with Crippen LogP contribution < -0.4 is 14.9 Å². The highest BCUT2D eigenvalue weighted by molar-refractivity contribution is 9.10. The SMILES string of the molecule is CNC(=O)c1c2cc(C3CC3)c(N(CCCNC(=O)C(C)N(C)C)S(C)(=O)=O)cc2nn1-c1ccc(Br)cc1. The molecule has 210 valence electrons. The monoisotopic (exact) mass is 618 g/mol. The second-order valence-corrected chi connectivity index (χ2v) is 13.0. The molecule has 1 heterocycles. The number of aromatic nitrogens is 2. The van der Waals surface area contributed by atoms with Crippen molar-refractivity contribution in [2.45, 2.75) is 38.1 Å². The van der Waals surface area contributed by atoms with E-state index in [0.717, 1.165) is 22.9 Å². The van der Waals surface area contributed by atoms with E-state index < -0.39 is 10.0 Å². The Hall–Kier alpha value is -2.96. The lowest BCUT2D eigenvalue weighted by atomic mass is 10.0. The average Bonchev–Trinajstić information content (AvgIpc) is 3.67. The highest BCUT2D eigenvalue weighted by Crippen LogP contribution is 2.46. The molecular formula is C27H35BrN6O4S. The summed E-state index contributed by atoms with van der Waals surface area (Å²) in [6, 6.07) is 10.9. The summed E-state index contributed by atoms with van der Waals surface area (Å²) in [4.78, 5) is 27.1. The minimum atomic E-state index is -3.63. The van der Waals surface area contributed by atoms with E-state index in [9.17, 15) is 18.0 Å².